The molecule has 31 heavy (non-hydrogen) atoms. The van der Waals surface area contributed by atoms with Gasteiger partial charge in [0.2, 0.25) is 11.6 Å². The molecule has 0 atom stereocenters. The Bertz CT molecular complexity index is 1020. The number of ketones is 1. The van der Waals surface area contributed by atoms with Crippen molar-refractivity contribution in [3.05, 3.63) is 56.5 Å². The van der Waals surface area contributed by atoms with Gasteiger partial charge in [0.25, 0.3) is 0 Å². The lowest BCUT2D eigenvalue weighted by Gasteiger charge is -2.19. The Labute approximate surface area is 200 Å². The van der Waals surface area contributed by atoms with Gasteiger partial charge in [-0.3, -0.25) is 9.20 Å². The Morgan fingerprint density at radius 3 is 2.52 bits per heavy atom. The van der Waals surface area contributed by atoms with Gasteiger partial charge in [-0.05, 0) is 76.0 Å². The molecule has 3 aromatic rings. The molecule has 166 valence electrons. The summed E-state index contributed by atoms with van der Waals surface area (Å²) in [6, 6.07) is 5.45. The number of halogens is 2. The van der Waals surface area contributed by atoms with Crippen LogP contribution in [0.15, 0.2) is 39.5 Å². The van der Waals surface area contributed by atoms with E-state index in [0.717, 1.165) is 53.5 Å². The molecule has 2 heterocycles. The molecule has 0 radical (unpaired) electrons. The van der Waals surface area contributed by atoms with Crippen molar-refractivity contribution in [1.29, 1.82) is 0 Å². The molecule has 6 nitrogen and oxygen atoms in total. The predicted molar refractivity (Wildman–Crippen MR) is 130 cm³/mol. The number of carbonyl (C=O) groups excluding carboxylic acids is 1. The highest BCUT2D eigenvalue weighted by Crippen LogP contribution is 2.35. The van der Waals surface area contributed by atoms with Gasteiger partial charge in [0, 0.05) is 24.5 Å². The average Bonchev–Trinajstić information content (AvgIpc) is 3.14. The van der Waals surface area contributed by atoms with Gasteiger partial charge < -0.3 is 9.64 Å². The lowest BCUT2D eigenvalue weighted by atomic mass is 10.0. The second-order valence-corrected chi connectivity index (χ2v) is 8.98. The minimum absolute atomic E-state index is 0.0808. The van der Waals surface area contributed by atoms with E-state index in [2.05, 4.69) is 67.5 Å². The number of hydrogen-bond donors (Lipinski definition) is 0. The maximum atomic E-state index is 13.5. The summed E-state index contributed by atoms with van der Waals surface area (Å²) in [6.45, 7) is 9.81. The van der Waals surface area contributed by atoms with Crippen LogP contribution in [0.1, 0.15) is 55.4 Å². The van der Waals surface area contributed by atoms with Crippen molar-refractivity contribution in [2.75, 3.05) is 26.2 Å². The molecule has 8 heteroatoms. The third-order valence-corrected chi connectivity index (χ3v) is 6.44. The van der Waals surface area contributed by atoms with Crippen LogP contribution in [-0.4, -0.2) is 51.3 Å². The van der Waals surface area contributed by atoms with Gasteiger partial charge in [-0.1, -0.05) is 27.2 Å². The van der Waals surface area contributed by atoms with Crippen molar-refractivity contribution in [2.45, 2.75) is 40.0 Å². The van der Waals surface area contributed by atoms with Gasteiger partial charge in [-0.2, -0.15) is 0 Å². The first-order chi connectivity index (χ1) is 15.0. The van der Waals surface area contributed by atoms with E-state index in [1.165, 1.54) is 0 Å². The van der Waals surface area contributed by atoms with Crippen molar-refractivity contribution in [2.24, 2.45) is 0 Å². The standard InChI is InChI=1S/C23H28Br2N4O2/c1-4-7-9-19-20(29-11-8-10-26-23(29)27-19)21(30)16-14-17(24)22(18(25)15-16)31-13-12-28(5-2)6-3/h8,10-11,14-15H,4-7,9,12-13H2,1-3H3. The van der Waals surface area contributed by atoms with Crippen LogP contribution in [0.25, 0.3) is 5.78 Å². The van der Waals surface area contributed by atoms with E-state index in [0.29, 0.717) is 29.4 Å². The number of aromatic nitrogens is 3. The molecule has 0 aliphatic heterocycles. The lowest BCUT2D eigenvalue weighted by Crippen LogP contribution is -2.28. The smallest absolute Gasteiger partial charge is 0.234 e. The van der Waals surface area contributed by atoms with E-state index in [1.54, 1.807) is 10.6 Å². The number of aryl methyl sites for hydroxylation is 1. The highest BCUT2D eigenvalue weighted by Gasteiger charge is 2.23. The van der Waals surface area contributed by atoms with Crippen LogP contribution < -0.4 is 4.74 Å². The molecule has 3 rings (SSSR count). The van der Waals surface area contributed by atoms with Crippen molar-refractivity contribution in [3.8, 4) is 5.75 Å². The maximum Gasteiger partial charge on any atom is 0.234 e. The zero-order chi connectivity index (χ0) is 22.4. The summed E-state index contributed by atoms with van der Waals surface area (Å²) < 4.78 is 9.27. The SMILES string of the molecule is CCCCc1nc2ncccn2c1C(=O)c1cc(Br)c(OCCN(CC)CC)c(Br)c1. The Kier molecular flexibility index (Phi) is 8.63. The fourth-order valence-corrected chi connectivity index (χ4v) is 4.89. The Morgan fingerprint density at radius 2 is 1.87 bits per heavy atom. The predicted octanol–water partition coefficient (Wildman–Crippen LogP) is 5.55. The van der Waals surface area contributed by atoms with Crippen molar-refractivity contribution >= 4 is 43.4 Å². The van der Waals surface area contributed by atoms with Crippen molar-refractivity contribution in [1.82, 2.24) is 19.3 Å². The van der Waals surface area contributed by atoms with Gasteiger partial charge in [0.05, 0.1) is 14.6 Å². The van der Waals surface area contributed by atoms with Crippen LogP contribution in [-0.2, 0) is 6.42 Å². The normalized spacial score (nSPS) is 11.4. The fraction of sp³-hybridized carbons (Fsp3) is 0.435. The van der Waals surface area contributed by atoms with Crippen LogP contribution in [0.4, 0.5) is 0 Å². The van der Waals surface area contributed by atoms with Gasteiger partial charge >= 0.3 is 0 Å². The van der Waals surface area contributed by atoms with Gasteiger partial charge in [-0.25, -0.2) is 9.97 Å². The van der Waals surface area contributed by atoms with Gasteiger partial charge in [-0.15, -0.1) is 0 Å². The second kappa shape index (κ2) is 11.2. The first kappa shape index (κ1) is 23.9. The number of likely N-dealkylation sites (N-methyl/N-ethyl adjacent to an activating group) is 1. The number of nitrogens with zero attached hydrogens (tertiary/aromatic N) is 4. The van der Waals surface area contributed by atoms with E-state index in [-0.39, 0.29) is 5.78 Å². The van der Waals surface area contributed by atoms with E-state index in [9.17, 15) is 4.79 Å². The van der Waals surface area contributed by atoms with Crippen molar-refractivity contribution in [3.63, 3.8) is 0 Å². The van der Waals surface area contributed by atoms with Gasteiger partial charge in [0.15, 0.2) is 0 Å². The minimum Gasteiger partial charge on any atom is -0.490 e. The Morgan fingerprint density at radius 1 is 1.16 bits per heavy atom. The largest absolute Gasteiger partial charge is 0.490 e. The molecule has 0 spiro atoms. The fourth-order valence-electron chi connectivity index (χ4n) is 3.47. The molecule has 0 fully saturated rings. The number of hydrogen-bond acceptors (Lipinski definition) is 5. The summed E-state index contributed by atoms with van der Waals surface area (Å²) >= 11 is 7.17. The van der Waals surface area contributed by atoms with Crippen LogP contribution in [0, 0.1) is 0 Å². The Hall–Kier alpha value is -1.77. The molecule has 0 aliphatic carbocycles. The molecule has 0 aliphatic rings. The molecule has 1 aromatic carbocycles. The van der Waals surface area contributed by atoms with Crippen LogP contribution >= 0.6 is 31.9 Å². The number of ether oxygens (including phenoxy) is 1. The quantitative estimate of drug-likeness (QED) is 0.292. The molecule has 0 N–H and O–H groups in total. The summed E-state index contributed by atoms with van der Waals surface area (Å²) in [6.07, 6.45) is 6.28. The summed E-state index contributed by atoms with van der Waals surface area (Å²) in [7, 11) is 0. The van der Waals surface area contributed by atoms with E-state index in [1.807, 2.05) is 24.4 Å². The molecule has 2 aromatic heterocycles. The highest BCUT2D eigenvalue weighted by molar-refractivity contribution is 9.11. The molecular formula is C23H28Br2N4O2. The average molecular weight is 552 g/mol. The van der Waals surface area contributed by atoms with Crippen molar-refractivity contribution < 1.29 is 9.53 Å². The highest BCUT2D eigenvalue weighted by atomic mass is 79.9. The maximum absolute atomic E-state index is 13.5. The van der Waals surface area contributed by atoms with E-state index in [4.69, 9.17) is 4.74 Å². The number of imidazole rings is 1. The second-order valence-electron chi connectivity index (χ2n) is 7.27. The molecule has 0 amide bonds. The zero-order valence-electron chi connectivity index (χ0n) is 18.2. The summed E-state index contributed by atoms with van der Waals surface area (Å²) in [5.74, 6) is 1.17. The topological polar surface area (TPSA) is 59.7 Å². The number of fused-ring (bicyclic) bond motifs is 1. The van der Waals surface area contributed by atoms with E-state index < -0.39 is 0 Å². The summed E-state index contributed by atoms with van der Waals surface area (Å²) in [4.78, 5) is 24.8. The van der Waals surface area contributed by atoms with Gasteiger partial charge in [0.1, 0.15) is 18.1 Å². The molecule has 0 saturated heterocycles. The third kappa shape index (κ3) is 5.54. The molecule has 0 bridgehead atoms. The lowest BCUT2D eigenvalue weighted by molar-refractivity contribution is 0.103. The monoisotopic (exact) mass is 550 g/mol. The zero-order valence-corrected chi connectivity index (χ0v) is 21.4. The first-order valence-corrected chi connectivity index (χ1v) is 12.3. The summed E-state index contributed by atoms with van der Waals surface area (Å²) in [5, 5.41) is 0. The first-order valence-electron chi connectivity index (χ1n) is 10.7. The summed E-state index contributed by atoms with van der Waals surface area (Å²) in [5.41, 5.74) is 1.93. The molecule has 0 unspecified atom stereocenters. The van der Waals surface area contributed by atoms with Crippen LogP contribution in [0.3, 0.4) is 0 Å². The van der Waals surface area contributed by atoms with E-state index >= 15 is 0 Å². The van der Waals surface area contributed by atoms with Crippen LogP contribution in [0.5, 0.6) is 5.75 Å². The molecule has 0 saturated carbocycles. The third-order valence-electron chi connectivity index (χ3n) is 5.27. The number of rotatable bonds is 11. The number of benzene rings is 1. The number of unbranched alkanes of at least 4 members (excludes halogenated alkanes) is 1. The minimum atomic E-state index is -0.0808. The van der Waals surface area contributed by atoms with Crippen LogP contribution in [0.2, 0.25) is 0 Å². The Balaban J connectivity index is 1.89. The number of carbonyl (C=O) groups is 1. The molecular weight excluding hydrogens is 524 g/mol.